The summed E-state index contributed by atoms with van der Waals surface area (Å²) in [7, 11) is 0. The number of benzene rings is 1. The molecule has 2 heterocycles. The van der Waals surface area contributed by atoms with E-state index < -0.39 is 5.82 Å². The van der Waals surface area contributed by atoms with Crippen molar-refractivity contribution in [3.05, 3.63) is 46.3 Å². The summed E-state index contributed by atoms with van der Waals surface area (Å²) in [5.74, 6) is 0.967. The van der Waals surface area contributed by atoms with Gasteiger partial charge in [0.25, 0.3) is 0 Å². The summed E-state index contributed by atoms with van der Waals surface area (Å²) >= 11 is 5.74. The lowest BCUT2D eigenvalue weighted by Crippen LogP contribution is -2.08. The predicted octanol–water partition coefficient (Wildman–Crippen LogP) is 2.53. The van der Waals surface area contributed by atoms with Gasteiger partial charge in [0, 0.05) is 13.0 Å². The molecule has 1 aromatic heterocycles. The highest BCUT2D eigenvalue weighted by molar-refractivity contribution is 6.30. The first-order chi connectivity index (χ1) is 9.24. The molecule has 1 fully saturated rings. The summed E-state index contributed by atoms with van der Waals surface area (Å²) in [6.45, 7) is 1.82. The van der Waals surface area contributed by atoms with Crippen LogP contribution in [0.4, 0.5) is 4.39 Å². The van der Waals surface area contributed by atoms with Crippen molar-refractivity contribution in [1.82, 2.24) is 15.5 Å². The second-order valence-corrected chi connectivity index (χ2v) is 5.04. The lowest BCUT2D eigenvalue weighted by Gasteiger charge is -2.01. The maximum atomic E-state index is 13.8. The average Bonchev–Trinajstić information content (AvgIpc) is 3.05. The third-order valence-corrected chi connectivity index (χ3v) is 3.57. The fourth-order valence-corrected chi connectivity index (χ4v) is 2.42. The van der Waals surface area contributed by atoms with Gasteiger partial charge in [-0.2, -0.15) is 4.98 Å². The molecule has 0 saturated carbocycles. The van der Waals surface area contributed by atoms with Crippen LogP contribution in [0.5, 0.6) is 0 Å². The van der Waals surface area contributed by atoms with Crippen molar-refractivity contribution >= 4 is 11.6 Å². The first-order valence-corrected chi connectivity index (χ1v) is 6.58. The second kappa shape index (κ2) is 5.27. The number of nitrogens with zero attached hydrogens (tertiary/aromatic N) is 2. The molecule has 1 atom stereocenters. The Morgan fingerprint density at radius 2 is 2.37 bits per heavy atom. The molecule has 19 heavy (non-hydrogen) atoms. The summed E-state index contributed by atoms with van der Waals surface area (Å²) in [5, 5.41) is 7.26. The Bertz CT molecular complexity index is 581. The Labute approximate surface area is 115 Å². The van der Waals surface area contributed by atoms with Crippen LogP contribution in [0.1, 0.15) is 29.6 Å². The molecule has 0 spiro atoms. The summed E-state index contributed by atoms with van der Waals surface area (Å²) in [6, 6.07) is 4.91. The van der Waals surface area contributed by atoms with Crippen molar-refractivity contribution in [3.8, 4) is 0 Å². The van der Waals surface area contributed by atoms with Gasteiger partial charge in [0.15, 0.2) is 5.82 Å². The molecule has 4 nitrogen and oxygen atoms in total. The molecule has 1 aromatic carbocycles. The van der Waals surface area contributed by atoms with E-state index in [1.165, 1.54) is 6.07 Å². The third-order valence-electron chi connectivity index (χ3n) is 3.27. The maximum absolute atomic E-state index is 13.8. The van der Waals surface area contributed by atoms with Gasteiger partial charge in [0.2, 0.25) is 5.89 Å². The Hall–Kier alpha value is -1.46. The van der Waals surface area contributed by atoms with Crippen LogP contribution >= 0.6 is 11.6 Å². The monoisotopic (exact) mass is 281 g/mol. The maximum Gasteiger partial charge on any atom is 0.231 e. The molecule has 6 heteroatoms. The Morgan fingerprint density at radius 1 is 1.47 bits per heavy atom. The minimum Gasteiger partial charge on any atom is -0.339 e. The number of aromatic nitrogens is 2. The number of nitrogens with one attached hydrogen (secondary N) is 1. The third kappa shape index (κ3) is 2.62. The highest BCUT2D eigenvalue weighted by Gasteiger charge is 2.23. The van der Waals surface area contributed by atoms with Crippen molar-refractivity contribution in [1.29, 1.82) is 0 Å². The van der Waals surface area contributed by atoms with Crippen LogP contribution in [0, 0.1) is 5.82 Å². The van der Waals surface area contributed by atoms with Crippen LogP contribution in [-0.4, -0.2) is 23.2 Å². The molecule has 0 aliphatic carbocycles. The molecule has 0 radical (unpaired) electrons. The van der Waals surface area contributed by atoms with Gasteiger partial charge in [0.1, 0.15) is 5.82 Å². The van der Waals surface area contributed by atoms with Gasteiger partial charge >= 0.3 is 0 Å². The summed E-state index contributed by atoms with van der Waals surface area (Å²) in [5.41, 5.74) is 0.476. The number of hydrogen-bond acceptors (Lipinski definition) is 4. The number of rotatable bonds is 3. The lowest BCUT2D eigenvalue weighted by molar-refractivity contribution is 0.355. The molecule has 1 unspecified atom stereocenters. The topological polar surface area (TPSA) is 51.0 Å². The van der Waals surface area contributed by atoms with Crippen LogP contribution < -0.4 is 5.32 Å². The largest absolute Gasteiger partial charge is 0.339 e. The van der Waals surface area contributed by atoms with Crippen molar-refractivity contribution < 1.29 is 8.91 Å². The normalized spacial score (nSPS) is 18.9. The van der Waals surface area contributed by atoms with Crippen LogP contribution in [0.25, 0.3) is 0 Å². The van der Waals surface area contributed by atoms with Crippen molar-refractivity contribution in [2.75, 3.05) is 13.1 Å². The van der Waals surface area contributed by atoms with Gasteiger partial charge in [-0.05, 0) is 24.6 Å². The molecule has 1 N–H and O–H groups in total. The lowest BCUT2D eigenvalue weighted by atomic mass is 10.1. The van der Waals surface area contributed by atoms with E-state index in [0.29, 0.717) is 17.3 Å². The Kier molecular flexibility index (Phi) is 3.48. The van der Waals surface area contributed by atoms with E-state index >= 15 is 0 Å². The molecule has 1 saturated heterocycles. The highest BCUT2D eigenvalue weighted by atomic mass is 35.5. The zero-order valence-electron chi connectivity index (χ0n) is 10.2. The predicted molar refractivity (Wildman–Crippen MR) is 68.7 cm³/mol. The van der Waals surface area contributed by atoms with Crippen LogP contribution in [0.3, 0.4) is 0 Å². The van der Waals surface area contributed by atoms with Gasteiger partial charge in [-0.15, -0.1) is 0 Å². The number of halogens is 2. The first kappa shape index (κ1) is 12.6. The second-order valence-electron chi connectivity index (χ2n) is 4.63. The van der Waals surface area contributed by atoms with E-state index in [9.17, 15) is 4.39 Å². The zero-order valence-corrected chi connectivity index (χ0v) is 11.0. The van der Waals surface area contributed by atoms with E-state index in [4.69, 9.17) is 16.1 Å². The first-order valence-electron chi connectivity index (χ1n) is 6.20. The van der Waals surface area contributed by atoms with E-state index in [-0.39, 0.29) is 17.4 Å². The molecule has 1 aliphatic heterocycles. The van der Waals surface area contributed by atoms with Gasteiger partial charge in [-0.25, -0.2) is 4.39 Å². The Morgan fingerprint density at radius 3 is 3.16 bits per heavy atom. The Balaban J connectivity index is 1.78. The van der Waals surface area contributed by atoms with Crippen LogP contribution in [0.15, 0.2) is 22.7 Å². The van der Waals surface area contributed by atoms with E-state index in [1.807, 2.05) is 0 Å². The minimum atomic E-state index is -0.418. The van der Waals surface area contributed by atoms with Crippen molar-refractivity contribution in [3.63, 3.8) is 0 Å². The smallest absolute Gasteiger partial charge is 0.231 e. The summed E-state index contributed by atoms with van der Waals surface area (Å²) in [4.78, 5) is 4.33. The fraction of sp³-hybridized carbons (Fsp3) is 0.385. The summed E-state index contributed by atoms with van der Waals surface area (Å²) < 4.78 is 19.0. The quantitative estimate of drug-likeness (QED) is 0.939. The van der Waals surface area contributed by atoms with Crippen molar-refractivity contribution in [2.45, 2.75) is 18.8 Å². The SMILES string of the molecule is Fc1c(Cl)cccc1Cc1noc(C2CCNC2)n1. The summed E-state index contributed by atoms with van der Waals surface area (Å²) in [6.07, 6.45) is 1.28. The van der Waals surface area contributed by atoms with E-state index in [0.717, 1.165) is 19.5 Å². The molecule has 100 valence electrons. The minimum absolute atomic E-state index is 0.112. The highest BCUT2D eigenvalue weighted by Crippen LogP contribution is 2.23. The fourth-order valence-electron chi connectivity index (χ4n) is 2.23. The molecular formula is C13H13ClFN3O. The van der Waals surface area contributed by atoms with E-state index in [2.05, 4.69) is 15.5 Å². The van der Waals surface area contributed by atoms with Gasteiger partial charge in [0.05, 0.1) is 10.9 Å². The average molecular weight is 282 g/mol. The molecular weight excluding hydrogens is 269 g/mol. The van der Waals surface area contributed by atoms with Gasteiger partial charge in [-0.1, -0.05) is 28.9 Å². The van der Waals surface area contributed by atoms with Gasteiger partial charge < -0.3 is 9.84 Å². The van der Waals surface area contributed by atoms with Crippen LogP contribution in [0.2, 0.25) is 5.02 Å². The van der Waals surface area contributed by atoms with Gasteiger partial charge in [-0.3, -0.25) is 0 Å². The van der Waals surface area contributed by atoms with Crippen LogP contribution in [-0.2, 0) is 6.42 Å². The molecule has 2 aromatic rings. The standard InChI is InChI=1S/C13H13ClFN3O/c14-10-3-1-2-8(12(10)15)6-11-17-13(19-18-11)9-4-5-16-7-9/h1-3,9,16H,4-7H2. The zero-order chi connectivity index (χ0) is 13.2. The van der Waals surface area contributed by atoms with Crippen molar-refractivity contribution in [2.24, 2.45) is 0 Å². The molecule has 0 bridgehead atoms. The van der Waals surface area contributed by atoms with E-state index in [1.54, 1.807) is 12.1 Å². The molecule has 1 aliphatic rings. The molecule has 0 amide bonds. The molecule has 3 rings (SSSR count). The number of hydrogen-bond donors (Lipinski definition) is 1.